The number of fused-ring (bicyclic) bond motifs is 1. The summed E-state index contributed by atoms with van der Waals surface area (Å²) in [6, 6.07) is 2.90. The quantitative estimate of drug-likeness (QED) is 0.648. The Hall–Kier alpha value is -2.49. The van der Waals surface area contributed by atoms with Crippen LogP contribution in [-0.2, 0) is 0 Å². The van der Waals surface area contributed by atoms with Crippen molar-refractivity contribution in [3.8, 4) is 17.0 Å². The van der Waals surface area contributed by atoms with Crippen molar-refractivity contribution in [2.24, 2.45) is 0 Å². The number of rotatable bonds is 4. The number of ether oxygens (including phenoxy) is 1. The second kappa shape index (κ2) is 6.19. The van der Waals surface area contributed by atoms with Crippen LogP contribution in [0.2, 0.25) is 5.15 Å². The molecule has 0 aliphatic heterocycles. The van der Waals surface area contributed by atoms with Crippen molar-refractivity contribution in [3.05, 3.63) is 35.4 Å². The van der Waals surface area contributed by atoms with Gasteiger partial charge in [0.1, 0.15) is 17.1 Å². The van der Waals surface area contributed by atoms with Crippen LogP contribution in [0.5, 0.6) is 5.75 Å². The van der Waals surface area contributed by atoms with Crippen molar-refractivity contribution in [1.29, 1.82) is 0 Å². The number of hydrogen-bond donors (Lipinski definition) is 0. The van der Waals surface area contributed by atoms with Crippen LogP contribution in [0.25, 0.3) is 22.4 Å². The third-order valence-corrected chi connectivity index (χ3v) is 3.24. The molecular weight excluding hydrogens is 359 g/mol. The zero-order chi connectivity index (χ0) is 17.4. The molecule has 0 aliphatic carbocycles. The number of alkyl halides is 4. The summed E-state index contributed by atoms with van der Waals surface area (Å²) >= 11 is 5.75. The van der Waals surface area contributed by atoms with E-state index < -0.39 is 24.7 Å². The van der Waals surface area contributed by atoms with Crippen LogP contribution in [0.15, 0.2) is 24.4 Å². The van der Waals surface area contributed by atoms with Crippen molar-refractivity contribution < 1.29 is 26.7 Å². The van der Waals surface area contributed by atoms with E-state index in [4.69, 9.17) is 11.6 Å². The fraction of sp³-hybridized carbons (Fsp3) is 0.154. The van der Waals surface area contributed by atoms with Crippen LogP contribution in [-0.4, -0.2) is 26.4 Å². The van der Waals surface area contributed by atoms with Gasteiger partial charge in [-0.2, -0.15) is 27.3 Å². The van der Waals surface area contributed by atoms with Crippen LogP contribution >= 0.6 is 11.6 Å². The summed E-state index contributed by atoms with van der Waals surface area (Å²) in [6.45, 7) is -6.17. The van der Waals surface area contributed by atoms with Crippen LogP contribution in [0.1, 0.15) is 6.55 Å². The lowest BCUT2D eigenvalue weighted by molar-refractivity contribution is -0.0496. The van der Waals surface area contributed by atoms with E-state index >= 15 is 0 Å². The first-order valence-electron chi connectivity index (χ1n) is 6.30. The van der Waals surface area contributed by atoms with Gasteiger partial charge in [-0.3, -0.25) is 0 Å². The minimum Gasteiger partial charge on any atom is -0.434 e. The average molecular weight is 365 g/mol. The maximum Gasteiger partial charge on any atom is 0.387 e. The Morgan fingerprint density at radius 1 is 1.17 bits per heavy atom. The van der Waals surface area contributed by atoms with E-state index in [0.717, 1.165) is 24.4 Å². The Kier molecular flexibility index (Phi) is 4.22. The molecule has 2 aromatic heterocycles. The van der Waals surface area contributed by atoms with Crippen molar-refractivity contribution in [2.75, 3.05) is 0 Å². The Bertz CT molecular complexity index is 901. The maximum absolute atomic E-state index is 13.2. The molecule has 1 aromatic carbocycles. The van der Waals surface area contributed by atoms with Gasteiger partial charge in [0.15, 0.2) is 10.8 Å². The normalized spacial score (nSPS) is 11.7. The van der Waals surface area contributed by atoms with Gasteiger partial charge in [-0.1, -0.05) is 11.6 Å². The molecule has 24 heavy (non-hydrogen) atoms. The van der Waals surface area contributed by atoms with Gasteiger partial charge in [0.25, 0.3) is 0 Å². The monoisotopic (exact) mass is 364 g/mol. The highest BCUT2D eigenvalue weighted by Crippen LogP contribution is 2.32. The highest BCUT2D eigenvalue weighted by atomic mass is 35.5. The van der Waals surface area contributed by atoms with Gasteiger partial charge >= 0.3 is 13.2 Å². The SMILES string of the molecule is Fc1ccc(-c2cnc3c(n2)c(Cl)nn3C(F)F)c(OC(F)F)c1. The average Bonchev–Trinajstić information content (AvgIpc) is 2.84. The second-order valence-electron chi connectivity index (χ2n) is 4.46. The van der Waals surface area contributed by atoms with Crippen molar-refractivity contribution in [3.63, 3.8) is 0 Å². The molecular formula is C13H6ClF5N4O. The summed E-state index contributed by atoms with van der Waals surface area (Å²) in [5.41, 5.74) is -0.459. The lowest BCUT2D eigenvalue weighted by Gasteiger charge is -2.10. The van der Waals surface area contributed by atoms with E-state index in [1.165, 1.54) is 0 Å². The van der Waals surface area contributed by atoms with Crippen LogP contribution in [0.4, 0.5) is 22.0 Å². The molecule has 3 aromatic rings. The molecule has 0 aliphatic rings. The number of halogens is 6. The standard InChI is InChI=1S/C13H6ClF5N4O/c14-10-9-11(23(22-10)12(16)17)20-4-7(21-9)6-2-1-5(15)3-8(6)24-13(18)19/h1-4,12-13H. The number of aromatic nitrogens is 4. The van der Waals surface area contributed by atoms with Crippen molar-refractivity contribution >= 4 is 22.8 Å². The molecule has 126 valence electrons. The fourth-order valence-corrected chi connectivity index (χ4v) is 2.25. The molecule has 0 radical (unpaired) electrons. The van der Waals surface area contributed by atoms with Gasteiger partial charge in [0, 0.05) is 11.6 Å². The molecule has 0 spiro atoms. The molecule has 0 amide bonds. The van der Waals surface area contributed by atoms with Crippen LogP contribution < -0.4 is 4.74 Å². The topological polar surface area (TPSA) is 52.8 Å². The van der Waals surface area contributed by atoms with E-state index in [-0.39, 0.29) is 32.3 Å². The van der Waals surface area contributed by atoms with E-state index in [1.807, 2.05) is 0 Å². The first-order chi connectivity index (χ1) is 11.4. The molecule has 3 rings (SSSR count). The molecule has 0 fully saturated rings. The van der Waals surface area contributed by atoms with Gasteiger partial charge in [-0.15, -0.1) is 0 Å². The smallest absolute Gasteiger partial charge is 0.387 e. The zero-order valence-corrected chi connectivity index (χ0v) is 12.2. The second-order valence-corrected chi connectivity index (χ2v) is 4.82. The van der Waals surface area contributed by atoms with Gasteiger partial charge in [-0.05, 0) is 12.1 Å². The Morgan fingerprint density at radius 3 is 2.58 bits per heavy atom. The molecule has 5 nitrogen and oxygen atoms in total. The predicted octanol–water partition coefficient (Wildman–Crippen LogP) is 4.28. The Morgan fingerprint density at radius 2 is 1.92 bits per heavy atom. The number of nitrogens with zero attached hydrogens (tertiary/aromatic N) is 4. The molecule has 0 unspecified atom stereocenters. The molecule has 0 bridgehead atoms. The number of hydrogen-bond acceptors (Lipinski definition) is 4. The highest BCUT2D eigenvalue weighted by molar-refractivity contribution is 6.33. The summed E-state index contributed by atoms with van der Waals surface area (Å²) in [5, 5.41) is 3.07. The van der Waals surface area contributed by atoms with Crippen LogP contribution in [0, 0.1) is 5.82 Å². The van der Waals surface area contributed by atoms with Gasteiger partial charge in [0.2, 0.25) is 0 Å². The van der Waals surface area contributed by atoms with Crippen molar-refractivity contribution in [2.45, 2.75) is 13.2 Å². The molecule has 0 saturated heterocycles. The summed E-state index contributed by atoms with van der Waals surface area (Å²) < 4.78 is 68.3. The molecule has 0 atom stereocenters. The van der Waals surface area contributed by atoms with Crippen molar-refractivity contribution in [1.82, 2.24) is 19.7 Å². The van der Waals surface area contributed by atoms with Gasteiger partial charge in [0.05, 0.1) is 11.9 Å². The maximum atomic E-state index is 13.2. The fourth-order valence-electron chi connectivity index (χ4n) is 2.05. The summed E-state index contributed by atoms with van der Waals surface area (Å²) in [4.78, 5) is 7.77. The van der Waals surface area contributed by atoms with E-state index in [1.54, 1.807) is 0 Å². The van der Waals surface area contributed by atoms with E-state index in [9.17, 15) is 22.0 Å². The Labute approximate surface area is 135 Å². The molecule has 2 heterocycles. The van der Waals surface area contributed by atoms with Crippen LogP contribution in [0.3, 0.4) is 0 Å². The first kappa shape index (κ1) is 16.4. The first-order valence-corrected chi connectivity index (χ1v) is 6.68. The predicted molar refractivity (Wildman–Crippen MR) is 73.6 cm³/mol. The molecule has 11 heteroatoms. The summed E-state index contributed by atoms with van der Waals surface area (Å²) in [5.74, 6) is -1.27. The molecule has 0 N–H and O–H groups in total. The van der Waals surface area contributed by atoms with E-state index in [2.05, 4.69) is 19.8 Å². The lowest BCUT2D eigenvalue weighted by Crippen LogP contribution is -2.04. The third kappa shape index (κ3) is 2.96. The summed E-state index contributed by atoms with van der Waals surface area (Å²) in [7, 11) is 0. The third-order valence-electron chi connectivity index (χ3n) is 2.98. The minimum absolute atomic E-state index is 0.00744. The largest absolute Gasteiger partial charge is 0.434 e. The van der Waals surface area contributed by atoms with Gasteiger partial charge < -0.3 is 4.74 Å². The van der Waals surface area contributed by atoms with E-state index in [0.29, 0.717) is 0 Å². The minimum atomic E-state index is -3.19. The molecule has 0 saturated carbocycles. The summed E-state index contributed by atoms with van der Waals surface area (Å²) in [6.07, 6.45) is 1.05. The Balaban J connectivity index is 2.15. The zero-order valence-electron chi connectivity index (χ0n) is 11.4. The highest BCUT2D eigenvalue weighted by Gasteiger charge is 2.20. The van der Waals surface area contributed by atoms with Gasteiger partial charge in [-0.25, -0.2) is 14.4 Å². The lowest BCUT2D eigenvalue weighted by atomic mass is 10.1. The number of benzene rings is 1.